The van der Waals surface area contributed by atoms with Crippen molar-refractivity contribution >= 4 is 5.91 Å². The Balaban J connectivity index is 1.60. The summed E-state index contributed by atoms with van der Waals surface area (Å²) < 4.78 is 6.90. The number of carbonyl (C=O) groups is 1. The summed E-state index contributed by atoms with van der Waals surface area (Å²) in [6.45, 7) is 6.02. The molecule has 118 valence electrons. The molecule has 0 radical (unpaired) electrons. The monoisotopic (exact) mass is 303 g/mol. The Morgan fingerprint density at radius 2 is 2.18 bits per heavy atom. The van der Waals surface area contributed by atoms with E-state index in [1.54, 1.807) is 17.1 Å². The van der Waals surface area contributed by atoms with E-state index in [1.807, 2.05) is 18.9 Å². The van der Waals surface area contributed by atoms with Gasteiger partial charge in [-0.3, -0.25) is 14.4 Å². The first kappa shape index (κ1) is 14.8. The van der Waals surface area contributed by atoms with Crippen LogP contribution in [0.2, 0.25) is 0 Å². The molecule has 22 heavy (non-hydrogen) atoms. The second-order valence-corrected chi connectivity index (χ2v) is 5.68. The highest BCUT2D eigenvalue weighted by molar-refractivity contribution is 5.93. The van der Waals surface area contributed by atoms with Crippen molar-refractivity contribution in [1.82, 2.24) is 24.6 Å². The third-order valence-electron chi connectivity index (χ3n) is 4.05. The lowest BCUT2D eigenvalue weighted by Gasteiger charge is -2.21. The van der Waals surface area contributed by atoms with Crippen LogP contribution in [0, 0.1) is 6.92 Å². The van der Waals surface area contributed by atoms with Gasteiger partial charge in [-0.1, -0.05) is 0 Å². The normalized spacial score (nSPS) is 16.7. The van der Waals surface area contributed by atoms with Crippen molar-refractivity contribution < 1.29 is 9.21 Å². The molecule has 2 aromatic rings. The van der Waals surface area contributed by atoms with E-state index in [-0.39, 0.29) is 5.91 Å². The van der Waals surface area contributed by atoms with Crippen molar-refractivity contribution in [3.63, 3.8) is 0 Å². The van der Waals surface area contributed by atoms with Crippen LogP contribution in [0.15, 0.2) is 23.2 Å². The maximum absolute atomic E-state index is 12.5. The molecule has 1 aliphatic rings. The van der Waals surface area contributed by atoms with Crippen LogP contribution in [-0.2, 0) is 13.6 Å². The zero-order chi connectivity index (χ0) is 15.5. The number of hydrogen-bond acceptors (Lipinski definition) is 5. The van der Waals surface area contributed by atoms with Gasteiger partial charge in [0.1, 0.15) is 5.76 Å². The van der Waals surface area contributed by atoms with Crippen molar-refractivity contribution in [3.8, 4) is 0 Å². The molecule has 0 spiro atoms. The first-order chi connectivity index (χ1) is 10.6. The quantitative estimate of drug-likeness (QED) is 0.848. The summed E-state index contributed by atoms with van der Waals surface area (Å²) >= 11 is 0. The van der Waals surface area contributed by atoms with E-state index in [2.05, 4.69) is 15.0 Å². The van der Waals surface area contributed by atoms with Gasteiger partial charge in [-0.05, 0) is 13.3 Å². The van der Waals surface area contributed by atoms with Crippen molar-refractivity contribution in [3.05, 3.63) is 35.8 Å². The van der Waals surface area contributed by atoms with E-state index in [0.29, 0.717) is 5.56 Å². The van der Waals surface area contributed by atoms with Gasteiger partial charge in [0, 0.05) is 46.0 Å². The standard InChI is InChI=1S/C15H21N5O2/c1-12-14(16-11-22-12)10-19-4-3-5-20(7-6-19)15(21)13-8-17-18(2)9-13/h8-9,11H,3-7,10H2,1-2H3. The van der Waals surface area contributed by atoms with E-state index < -0.39 is 0 Å². The Morgan fingerprint density at radius 3 is 2.86 bits per heavy atom. The predicted molar refractivity (Wildman–Crippen MR) is 80.2 cm³/mol. The van der Waals surface area contributed by atoms with Gasteiger partial charge in [-0.15, -0.1) is 0 Å². The summed E-state index contributed by atoms with van der Waals surface area (Å²) in [5, 5.41) is 4.07. The van der Waals surface area contributed by atoms with Crippen LogP contribution in [-0.4, -0.2) is 56.7 Å². The highest BCUT2D eigenvalue weighted by Gasteiger charge is 2.22. The summed E-state index contributed by atoms with van der Waals surface area (Å²) in [5.41, 5.74) is 1.63. The SMILES string of the molecule is Cc1ocnc1CN1CCCN(C(=O)c2cnn(C)c2)CC1. The molecule has 1 fully saturated rings. The van der Waals surface area contributed by atoms with E-state index in [1.165, 1.54) is 6.39 Å². The maximum atomic E-state index is 12.5. The molecule has 0 bridgehead atoms. The molecule has 0 atom stereocenters. The second-order valence-electron chi connectivity index (χ2n) is 5.68. The zero-order valence-corrected chi connectivity index (χ0v) is 13.0. The molecule has 7 heteroatoms. The number of amides is 1. The van der Waals surface area contributed by atoms with E-state index in [9.17, 15) is 4.79 Å². The Hall–Kier alpha value is -2.15. The number of aryl methyl sites for hydroxylation is 2. The van der Waals surface area contributed by atoms with Gasteiger partial charge in [-0.2, -0.15) is 5.10 Å². The van der Waals surface area contributed by atoms with Gasteiger partial charge < -0.3 is 9.32 Å². The van der Waals surface area contributed by atoms with Gasteiger partial charge in [0.15, 0.2) is 6.39 Å². The van der Waals surface area contributed by atoms with E-state index in [0.717, 1.165) is 50.6 Å². The van der Waals surface area contributed by atoms with Gasteiger partial charge in [-0.25, -0.2) is 4.98 Å². The van der Waals surface area contributed by atoms with Crippen LogP contribution in [0.1, 0.15) is 28.2 Å². The highest BCUT2D eigenvalue weighted by Crippen LogP contribution is 2.13. The summed E-state index contributed by atoms with van der Waals surface area (Å²) in [5.74, 6) is 0.931. The molecule has 1 amide bonds. The van der Waals surface area contributed by atoms with Gasteiger partial charge in [0.05, 0.1) is 17.5 Å². The molecule has 3 heterocycles. The summed E-state index contributed by atoms with van der Waals surface area (Å²) in [6, 6.07) is 0. The fraction of sp³-hybridized carbons (Fsp3) is 0.533. The van der Waals surface area contributed by atoms with Gasteiger partial charge in [0.25, 0.3) is 5.91 Å². The fourth-order valence-electron chi connectivity index (χ4n) is 2.74. The number of hydrogen-bond donors (Lipinski definition) is 0. The number of oxazole rings is 1. The molecule has 0 aliphatic carbocycles. The number of nitrogens with zero attached hydrogens (tertiary/aromatic N) is 5. The topological polar surface area (TPSA) is 67.4 Å². The van der Waals surface area contributed by atoms with Crippen LogP contribution < -0.4 is 0 Å². The zero-order valence-electron chi connectivity index (χ0n) is 13.0. The molecule has 1 aliphatic heterocycles. The summed E-state index contributed by atoms with van der Waals surface area (Å²) in [4.78, 5) is 20.9. The van der Waals surface area contributed by atoms with Crippen LogP contribution in [0.25, 0.3) is 0 Å². The van der Waals surface area contributed by atoms with Crippen molar-refractivity contribution in [2.75, 3.05) is 26.2 Å². The van der Waals surface area contributed by atoms with Crippen LogP contribution in [0.4, 0.5) is 0 Å². The minimum Gasteiger partial charge on any atom is -0.448 e. The predicted octanol–water partition coefficient (Wildman–Crippen LogP) is 1.06. The Bertz CT molecular complexity index is 648. The molecular formula is C15H21N5O2. The minimum atomic E-state index is 0.0626. The fourth-order valence-corrected chi connectivity index (χ4v) is 2.74. The second kappa shape index (κ2) is 6.31. The maximum Gasteiger partial charge on any atom is 0.257 e. The lowest BCUT2D eigenvalue weighted by Crippen LogP contribution is -2.35. The molecule has 0 saturated carbocycles. The molecular weight excluding hydrogens is 282 g/mol. The Morgan fingerprint density at radius 1 is 1.32 bits per heavy atom. The smallest absolute Gasteiger partial charge is 0.257 e. The average Bonchev–Trinajstić information content (AvgIpc) is 3.02. The number of rotatable bonds is 3. The van der Waals surface area contributed by atoms with Crippen LogP contribution >= 0.6 is 0 Å². The number of aromatic nitrogens is 3. The number of carbonyl (C=O) groups excluding carboxylic acids is 1. The molecule has 3 rings (SSSR count). The Labute approximate surface area is 129 Å². The summed E-state index contributed by atoms with van der Waals surface area (Å²) in [7, 11) is 1.82. The molecule has 2 aromatic heterocycles. The van der Waals surface area contributed by atoms with Gasteiger partial charge >= 0.3 is 0 Å². The molecule has 0 aromatic carbocycles. The van der Waals surface area contributed by atoms with Crippen molar-refractivity contribution in [2.24, 2.45) is 7.05 Å². The summed E-state index contributed by atoms with van der Waals surface area (Å²) in [6.07, 6.45) is 5.84. The van der Waals surface area contributed by atoms with E-state index in [4.69, 9.17) is 4.42 Å². The Kier molecular flexibility index (Phi) is 4.24. The third kappa shape index (κ3) is 3.19. The molecule has 1 saturated heterocycles. The highest BCUT2D eigenvalue weighted by atomic mass is 16.3. The largest absolute Gasteiger partial charge is 0.448 e. The van der Waals surface area contributed by atoms with E-state index >= 15 is 0 Å². The van der Waals surface area contributed by atoms with Crippen molar-refractivity contribution in [2.45, 2.75) is 19.9 Å². The lowest BCUT2D eigenvalue weighted by molar-refractivity contribution is 0.0761. The third-order valence-corrected chi connectivity index (χ3v) is 4.05. The average molecular weight is 303 g/mol. The first-order valence-corrected chi connectivity index (χ1v) is 7.53. The molecule has 0 unspecified atom stereocenters. The molecule has 7 nitrogen and oxygen atoms in total. The molecule has 0 N–H and O–H groups in total. The van der Waals surface area contributed by atoms with Crippen LogP contribution in [0.5, 0.6) is 0 Å². The van der Waals surface area contributed by atoms with Crippen LogP contribution in [0.3, 0.4) is 0 Å². The van der Waals surface area contributed by atoms with Gasteiger partial charge in [0.2, 0.25) is 0 Å². The first-order valence-electron chi connectivity index (χ1n) is 7.53. The minimum absolute atomic E-state index is 0.0626. The lowest BCUT2D eigenvalue weighted by atomic mass is 10.3. The van der Waals surface area contributed by atoms with Crippen molar-refractivity contribution in [1.29, 1.82) is 0 Å².